The molecule has 0 unspecified atom stereocenters. The van der Waals surface area contributed by atoms with E-state index in [4.69, 9.17) is 4.42 Å². The fourth-order valence-corrected chi connectivity index (χ4v) is 1.51. The van der Waals surface area contributed by atoms with E-state index in [0.29, 0.717) is 0 Å². The number of halogens is 1. The Balaban J connectivity index is 2.57. The van der Waals surface area contributed by atoms with Crippen LogP contribution >= 0.6 is 0 Å². The van der Waals surface area contributed by atoms with Crippen LogP contribution in [0.4, 0.5) is 4.39 Å². The molecule has 2 heteroatoms. The molecular weight excluding hydrogens is 191 g/mol. The van der Waals surface area contributed by atoms with Gasteiger partial charge in [-0.25, -0.2) is 4.39 Å². The molecule has 0 saturated heterocycles. The number of furan rings is 1. The van der Waals surface area contributed by atoms with Crippen LogP contribution in [0, 0.1) is 12.7 Å². The summed E-state index contributed by atoms with van der Waals surface area (Å²) in [6.07, 6.45) is 1.62. The van der Waals surface area contributed by atoms with Crippen LogP contribution in [0.2, 0.25) is 0 Å². The van der Waals surface area contributed by atoms with E-state index >= 15 is 0 Å². The van der Waals surface area contributed by atoms with Gasteiger partial charge in [0.1, 0.15) is 17.3 Å². The zero-order valence-corrected chi connectivity index (χ0v) is 8.46. The summed E-state index contributed by atoms with van der Waals surface area (Å²) in [6, 6.07) is 8.31. The Bertz CT molecular complexity index is 497. The van der Waals surface area contributed by atoms with Crippen molar-refractivity contribution in [3.63, 3.8) is 0 Å². The molecule has 0 amide bonds. The molecule has 0 N–H and O–H groups in total. The molecule has 2 rings (SSSR count). The topological polar surface area (TPSA) is 13.1 Å². The molecule has 76 valence electrons. The summed E-state index contributed by atoms with van der Waals surface area (Å²) in [5.74, 6) is 1.31. The summed E-state index contributed by atoms with van der Waals surface area (Å²) in [4.78, 5) is 0. The molecule has 0 fully saturated rings. The van der Waals surface area contributed by atoms with Crippen molar-refractivity contribution in [3.05, 3.63) is 54.1 Å². The third kappa shape index (κ3) is 1.84. The Morgan fingerprint density at radius 2 is 2.07 bits per heavy atom. The van der Waals surface area contributed by atoms with Gasteiger partial charge in [-0.1, -0.05) is 12.7 Å². The van der Waals surface area contributed by atoms with Crippen molar-refractivity contribution in [2.75, 3.05) is 0 Å². The molecule has 0 aliphatic rings. The molecule has 0 spiro atoms. The molecule has 1 nitrogen and oxygen atoms in total. The minimum absolute atomic E-state index is 0.267. The number of aryl methyl sites for hydroxylation is 1. The van der Waals surface area contributed by atoms with Crippen molar-refractivity contribution < 1.29 is 8.81 Å². The van der Waals surface area contributed by atoms with Crippen LogP contribution in [-0.4, -0.2) is 0 Å². The number of hydrogen-bond acceptors (Lipinski definition) is 1. The minimum Gasteiger partial charge on any atom is -0.461 e. The highest BCUT2D eigenvalue weighted by atomic mass is 19.1. The second-order valence-electron chi connectivity index (χ2n) is 3.35. The summed E-state index contributed by atoms with van der Waals surface area (Å²) in [7, 11) is 0. The summed E-state index contributed by atoms with van der Waals surface area (Å²) < 4.78 is 18.5. The molecule has 1 heterocycles. The van der Waals surface area contributed by atoms with E-state index in [1.54, 1.807) is 12.1 Å². The van der Waals surface area contributed by atoms with Gasteiger partial charge in [0.25, 0.3) is 0 Å². The first-order chi connectivity index (χ1) is 7.20. The monoisotopic (exact) mass is 202 g/mol. The Morgan fingerprint density at radius 1 is 1.27 bits per heavy atom. The molecule has 0 radical (unpaired) electrons. The molecule has 2 aromatic rings. The van der Waals surface area contributed by atoms with E-state index in [0.717, 1.165) is 22.6 Å². The highest BCUT2D eigenvalue weighted by molar-refractivity contribution is 5.71. The smallest absolute Gasteiger partial charge is 0.134 e. The molecule has 1 aromatic heterocycles. The van der Waals surface area contributed by atoms with Gasteiger partial charge < -0.3 is 4.42 Å². The van der Waals surface area contributed by atoms with Crippen molar-refractivity contribution in [1.29, 1.82) is 0 Å². The molecule has 0 atom stereocenters. The Labute approximate surface area is 87.9 Å². The SMILES string of the molecule is C=Cc1cc(F)ccc1-c1ccc(C)o1. The fraction of sp³-hybridized carbons (Fsp3) is 0.0769. The van der Waals surface area contributed by atoms with Gasteiger partial charge in [-0.2, -0.15) is 0 Å². The molecule has 0 bridgehead atoms. The Kier molecular flexibility index (Phi) is 2.42. The van der Waals surface area contributed by atoms with Crippen molar-refractivity contribution >= 4 is 6.08 Å². The Hall–Kier alpha value is -1.83. The van der Waals surface area contributed by atoms with Gasteiger partial charge in [-0.3, -0.25) is 0 Å². The quantitative estimate of drug-likeness (QED) is 0.716. The van der Waals surface area contributed by atoms with E-state index in [2.05, 4.69) is 6.58 Å². The average Bonchev–Trinajstić information content (AvgIpc) is 2.64. The van der Waals surface area contributed by atoms with Gasteiger partial charge in [0.05, 0.1) is 0 Å². The van der Waals surface area contributed by atoms with Crippen LogP contribution in [-0.2, 0) is 0 Å². The van der Waals surface area contributed by atoms with E-state index in [-0.39, 0.29) is 5.82 Å². The van der Waals surface area contributed by atoms with Crippen molar-refractivity contribution in [1.82, 2.24) is 0 Å². The Morgan fingerprint density at radius 3 is 2.67 bits per heavy atom. The molecule has 15 heavy (non-hydrogen) atoms. The third-order valence-corrected chi connectivity index (χ3v) is 2.24. The van der Waals surface area contributed by atoms with Crippen LogP contribution in [0.1, 0.15) is 11.3 Å². The van der Waals surface area contributed by atoms with Crippen LogP contribution in [0.5, 0.6) is 0 Å². The summed E-state index contributed by atoms with van der Waals surface area (Å²) in [5, 5.41) is 0. The maximum Gasteiger partial charge on any atom is 0.134 e. The summed E-state index contributed by atoms with van der Waals surface area (Å²) in [6.45, 7) is 5.53. The first-order valence-electron chi connectivity index (χ1n) is 4.69. The maximum absolute atomic E-state index is 13.0. The summed E-state index contributed by atoms with van der Waals surface area (Å²) >= 11 is 0. The van der Waals surface area contributed by atoms with E-state index in [9.17, 15) is 4.39 Å². The van der Waals surface area contributed by atoms with Gasteiger partial charge >= 0.3 is 0 Å². The van der Waals surface area contributed by atoms with E-state index in [1.165, 1.54) is 12.1 Å². The van der Waals surface area contributed by atoms with Gasteiger partial charge in [-0.05, 0) is 42.8 Å². The van der Waals surface area contributed by atoms with Crippen molar-refractivity contribution in [2.24, 2.45) is 0 Å². The maximum atomic E-state index is 13.0. The highest BCUT2D eigenvalue weighted by Gasteiger charge is 2.07. The molecule has 0 saturated carbocycles. The van der Waals surface area contributed by atoms with Crippen LogP contribution < -0.4 is 0 Å². The lowest BCUT2D eigenvalue weighted by Crippen LogP contribution is -1.83. The molecule has 1 aromatic carbocycles. The van der Waals surface area contributed by atoms with Crippen molar-refractivity contribution in [2.45, 2.75) is 6.92 Å². The highest BCUT2D eigenvalue weighted by Crippen LogP contribution is 2.26. The van der Waals surface area contributed by atoms with E-state index in [1.807, 2.05) is 19.1 Å². The molecule has 0 aliphatic carbocycles. The lowest BCUT2D eigenvalue weighted by atomic mass is 10.1. The van der Waals surface area contributed by atoms with Gasteiger partial charge in [0.2, 0.25) is 0 Å². The predicted molar refractivity (Wildman–Crippen MR) is 58.9 cm³/mol. The predicted octanol–water partition coefficient (Wildman–Crippen LogP) is 4.04. The number of rotatable bonds is 2. The van der Waals surface area contributed by atoms with Crippen LogP contribution in [0.3, 0.4) is 0 Å². The zero-order valence-electron chi connectivity index (χ0n) is 8.46. The van der Waals surface area contributed by atoms with Crippen molar-refractivity contribution in [3.8, 4) is 11.3 Å². The number of benzene rings is 1. The van der Waals surface area contributed by atoms with Crippen LogP contribution in [0.25, 0.3) is 17.4 Å². The summed E-state index contributed by atoms with van der Waals surface area (Å²) in [5.41, 5.74) is 1.60. The fourth-order valence-electron chi connectivity index (χ4n) is 1.51. The molecule has 0 aliphatic heterocycles. The lowest BCUT2D eigenvalue weighted by Gasteiger charge is -2.02. The van der Waals surface area contributed by atoms with Gasteiger partial charge in [0, 0.05) is 5.56 Å². The third-order valence-electron chi connectivity index (χ3n) is 2.24. The van der Waals surface area contributed by atoms with Crippen LogP contribution in [0.15, 0.2) is 41.3 Å². The first kappa shape index (κ1) is 9.71. The second kappa shape index (κ2) is 3.73. The normalized spacial score (nSPS) is 10.3. The first-order valence-corrected chi connectivity index (χ1v) is 4.69. The molecular formula is C13H11FO. The second-order valence-corrected chi connectivity index (χ2v) is 3.35. The standard InChI is InChI=1S/C13H11FO/c1-3-10-8-11(14)5-6-12(10)13-7-4-9(2)15-13/h3-8H,1H2,2H3. The zero-order chi connectivity index (χ0) is 10.8. The largest absolute Gasteiger partial charge is 0.461 e. The van der Waals surface area contributed by atoms with Gasteiger partial charge in [-0.15, -0.1) is 0 Å². The lowest BCUT2D eigenvalue weighted by molar-refractivity contribution is 0.548. The van der Waals surface area contributed by atoms with E-state index < -0.39 is 0 Å². The average molecular weight is 202 g/mol. The minimum atomic E-state index is -0.267. The number of hydrogen-bond donors (Lipinski definition) is 0. The van der Waals surface area contributed by atoms with Gasteiger partial charge in [0.15, 0.2) is 0 Å².